The zero-order chi connectivity index (χ0) is 13.5. The van der Waals surface area contributed by atoms with Gasteiger partial charge in [-0.15, -0.1) is 11.3 Å². The lowest BCUT2D eigenvalue weighted by Gasteiger charge is -2.04. The molecule has 0 unspecified atom stereocenters. The van der Waals surface area contributed by atoms with Crippen LogP contribution in [0.2, 0.25) is 4.34 Å². The van der Waals surface area contributed by atoms with E-state index in [9.17, 15) is 14.4 Å². The molecule has 1 heterocycles. The number of imide groups is 1. The van der Waals surface area contributed by atoms with Crippen LogP contribution < -0.4 is 10.6 Å². The zero-order valence-electron chi connectivity index (χ0n) is 9.23. The van der Waals surface area contributed by atoms with E-state index in [4.69, 9.17) is 16.7 Å². The SMILES string of the molecule is O=C(O)CCC(=O)NC(=O)NCc1ccc(Cl)s1. The van der Waals surface area contributed by atoms with E-state index in [0.717, 1.165) is 4.88 Å². The lowest BCUT2D eigenvalue weighted by Crippen LogP contribution is -2.39. The molecule has 1 rings (SSSR count). The number of hydrogen-bond acceptors (Lipinski definition) is 4. The first-order valence-corrected chi connectivity index (χ1v) is 6.20. The number of aliphatic carboxylic acids is 1. The summed E-state index contributed by atoms with van der Waals surface area (Å²) in [4.78, 5) is 33.4. The standard InChI is InChI=1S/C10H11ClN2O4S/c11-7-2-1-6(18-7)5-12-10(17)13-8(14)3-4-9(15)16/h1-2H,3-5H2,(H,15,16)(H2,12,13,14,17). The molecule has 1 aromatic rings. The third-order valence-corrected chi connectivity index (χ3v) is 3.10. The highest BCUT2D eigenvalue weighted by Gasteiger charge is 2.09. The molecule has 8 heteroatoms. The smallest absolute Gasteiger partial charge is 0.321 e. The van der Waals surface area contributed by atoms with Gasteiger partial charge < -0.3 is 10.4 Å². The van der Waals surface area contributed by atoms with E-state index >= 15 is 0 Å². The molecule has 0 radical (unpaired) electrons. The summed E-state index contributed by atoms with van der Waals surface area (Å²) in [7, 11) is 0. The van der Waals surface area contributed by atoms with Gasteiger partial charge >= 0.3 is 12.0 Å². The molecule has 0 spiro atoms. The van der Waals surface area contributed by atoms with Crippen molar-refractivity contribution in [1.29, 1.82) is 0 Å². The average molecular weight is 291 g/mol. The fourth-order valence-corrected chi connectivity index (χ4v) is 2.10. The zero-order valence-corrected chi connectivity index (χ0v) is 10.8. The van der Waals surface area contributed by atoms with Gasteiger partial charge in [0.05, 0.1) is 17.3 Å². The number of nitrogens with one attached hydrogen (secondary N) is 2. The number of urea groups is 1. The van der Waals surface area contributed by atoms with Crippen molar-refractivity contribution >= 4 is 40.8 Å². The number of carboxylic acid groups (broad SMARTS) is 1. The molecule has 0 saturated carbocycles. The van der Waals surface area contributed by atoms with E-state index in [1.165, 1.54) is 11.3 Å². The minimum atomic E-state index is -1.08. The van der Waals surface area contributed by atoms with Gasteiger partial charge in [0.2, 0.25) is 5.91 Å². The molecule has 18 heavy (non-hydrogen) atoms. The first-order valence-electron chi connectivity index (χ1n) is 5.01. The van der Waals surface area contributed by atoms with Crippen LogP contribution in [0, 0.1) is 0 Å². The van der Waals surface area contributed by atoms with E-state index in [1.807, 2.05) is 5.32 Å². The van der Waals surface area contributed by atoms with Gasteiger partial charge in [0.15, 0.2) is 0 Å². The third kappa shape index (κ3) is 5.65. The summed E-state index contributed by atoms with van der Waals surface area (Å²) in [5, 5.41) is 12.9. The molecule has 0 aliphatic heterocycles. The average Bonchev–Trinajstić information content (AvgIpc) is 2.70. The summed E-state index contributed by atoms with van der Waals surface area (Å²) in [6.07, 6.45) is -0.534. The number of thiophene rings is 1. The Morgan fingerprint density at radius 2 is 2.00 bits per heavy atom. The van der Waals surface area contributed by atoms with Crippen molar-refractivity contribution in [2.24, 2.45) is 0 Å². The highest BCUT2D eigenvalue weighted by atomic mass is 35.5. The molecule has 3 amide bonds. The minimum Gasteiger partial charge on any atom is -0.481 e. The molecule has 0 atom stereocenters. The van der Waals surface area contributed by atoms with Gasteiger partial charge in [-0.3, -0.25) is 14.9 Å². The van der Waals surface area contributed by atoms with Crippen LogP contribution in [0.4, 0.5) is 4.79 Å². The Morgan fingerprint density at radius 3 is 2.56 bits per heavy atom. The molecule has 98 valence electrons. The van der Waals surface area contributed by atoms with Crippen LogP contribution in [-0.4, -0.2) is 23.0 Å². The van der Waals surface area contributed by atoms with Crippen LogP contribution in [0.3, 0.4) is 0 Å². The number of rotatable bonds is 5. The highest BCUT2D eigenvalue weighted by Crippen LogP contribution is 2.20. The van der Waals surface area contributed by atoms with Gasteiger partial charge in [0.25, 0.3) is 0 Å². The summed E-state index contributed by atoms with van der Waals surface area (Å²) in [5.74, 6) is -1.71. The second-order valence-corrected chi connectivity index (χ2v) is 5.13. The quantitative estimate of drug-likeness (QED) is 0.767. The molecule has 0 aliphatic carbocycles. The van der Waals surface area contributed by atoms with E-state index in [1.54, 1.807) is 12.1 Å². The van der Waals surface area contributed by atoms with Gasteiger partial charge in [0, 0.05) is 11.3 Å². The predicted octanol–water partition coefficient (Wildman–Crippen LogP) is 1.59. The topological polar surface area (TPSA) is 95.5 Å². The Balaban J connectivity index is 2.25. The van der Waals surface area contributed by atoms with E-state index in [2.05, 4.69) is 5.32 Å². The summed E-state index contributed by atoms with van der Waals surface area (Å²) in [6.45, 7) is 0.259. The lowest BCUT2D eigenvalue weighted by atomic mass is 10.3. The summed E-state index contributed by atoms with van der Waals surface area (Å²) in [5.41, 5.74) is 0. The Labute approximate surface area is 112 Å². The lowest BCUT2D eigenvalue weighted by molar-refractivity contribution is -0.138. The van der Waals surface area contributed by atoms with Crippen LogP contribution >= 0.6 is 22.9 Å². The summed E-state index contributed by atoms with van der Waals surface area (Å²) >= 11 is 7.03. The maximum atomic E-state index is 11.3. The molecule has 1 aromatic heterocycles. The Bertz CT molecular complexity index is 460. The van der Waals surface area contributed by atoms with Gasteiger partial charge in [-0.2, -0.15) is 0 Å². The third-order valence-electron chi connectivity index (χ3n) is 1.87. The summed E-state index contributed by atoms with van der Waals surface area (Å²) < 4.78 is 0.616. The molecule has 3 N–H and O–H groups in total. The van der Waals surface area contributed by atoms with Crippen molar-refractivity contribution in [3.8, 4) is 0 Å². The van der Waals surface area contributed by atoms with Crippen LogP contribution in [0.25, 0.3) is 0 Å². The van der Waals surface area contributed by atoms with Gasteiger partial charge in [-0.05, 0) is 12.1 Å². The van der Waals surface area contributed by atoms with Crippen LogP contribution in [-0.2, 0) is 16.1 Å². The normalized spacial score (nSPS) is 9.83. The van der Waals surface area contributed by atoms with Crippen molar-refractivity contribution in [2.45, 2.75) is 19.4 Å². The monoisotopic (exact) mass is 290 g/mol. The van der Waals surface area contributed by atoms with E-state index < -0.39 is 17.9 Å². The van der Waals surface area contributed by atoms with E-state index in [-0.39, 0.29) is 19.4 Å². The van der Waals surface area contributed by atoms with Gasteiger partial charge in [-0.1, -0.05) is 11.6 Å². The Hall–Kier alpha value is -1.60. The number of carbonyl (C=O) groups is 3. The largest absolute Gasteiger partial charge is 0.481 e. The van der Waals surface area contributed by atoms with Gasteiger partial charge in [-0.25, -0.2) is 4.79 Å². The molecule has 6 nitrogen and oxygen atoms in total. The molecule has 0 aliphatic rings. The second-order valence-electron chi connectivity index (χ2n) is 3.33. The Kier molecular flexibility index (Phi) is 5.60. The molecular formula is C10H11ClN2O4S. The maximum absolute atomic E-state index is 11.3. The van der Waals surface area contributed by atoms with Crippen LogP contribution in [0.15, 0.2) is 12.1 Å². The minimum absolute atomic E-state index is 0.229. The van der Waals surface area contributed by atoms with Crippen LogP contribution in [0.1, 0.15) is 17.7 Å². The van der Waals surface area contributed by atoms with Crippen molar-refractivity contribution in [3.05, 3.63) is 21.3 Å². The van der Waals surface area contributed by atoms with Crippen LogP contribution in [0.5, 0.6) is 0 Å². The fourth-order valence-electron chi connectivity index (χ4n) is 1.07. The molecule has 0 aromatic carbocycles. The number of carbonyl (C=O) groups excluding carboxylic acids is 2. The predicted molar refractivity (Wildman–Crippen MR) is 66.6 cm³/mol. The molecule has 0 saturated heterocycles. The Morgan fingerprint density at radius 1 is 1.28 bits per heavy atom. The highest BCUT2D eigenvalue weighted by molar-refractivity contribution is 7.16. The number of hydrogen-bond donors (Lipinski definition) is 3. The molecule has 0 bridgehead atoms. The maximum Gasteiger partial charge on any atom is 0.321 e. The number of halogens is 1. The number of carboxylic acids is 1. The van der Waals surface area contributed by atoms with Gasteiger partial charge in [0.1, 0.15) is 0 Å². The number of amides is 3. The van der Waals surface area contributed by atoms with Crippen molar-refractivity contribution in [1.82, 2.24) is 10.6 Å². The van der Waals surface area contributed by atoms with Crippen molar-refractivity contribution in [2.75, 3.05) is 0 Å². The second kappa shape index (κ2) is 6.97. The van der Waals surface area contributed by atoms with Crippen molar-refractivity contribution < 1.29 is 19.5 Å². The van der Waals surface area contributed by atoms with Crippen molar-refractivity contribution in [3.63, 3.8) is 0 Å². The fraction of sp³-hybridized carbons (Fsp3) is 0.300. The molecular weight excluding hydrogens is 280 g/mol. The molecule has 0 fully saturated rings. The first kappa shape index (κ1) is 14.5. The van der Waals surface area contributed by atoms with E-state index in [0.29, 0.717) is 4.34 Å². The summed E-state index contributed by atoms with van der Waals surface area (Å²) in [6, 6.07) is 2.81. The first-order chi connectivity index (χ1) is 8.47.